The summed E-state index contributed by atoms with van der Waals surface area (Å²) in [6.07, 6.45) is -4.85. The molecule has 0 aliphatic carbocycles. The topological polar surface area (TPSA) is 72.6 Å². The number of alkyl halides is 3. The van der Waals surface area contributed by atoms with Crippen LogP contribution < -0.4 is 5.73 Å². The molecular formula is C8H11F3N2O3. The lowest BCUT2D eigenvalue weighted by Crippen LogP contribution is -2.44. The van der Waals surface area contributed by atoms with Gasteiger partial charge in [0.2, 0.25) is 5.91 Å². The van der Waals surface area contributed by atoms with Crippen LogP contribution in [0.4, 0.5) is 18.0 Å². The van der Waals surface area contributed by atoms with E-state index in [9.17, 15) is 22.8 Å². The third-order valence-electron chi connectivity index (χ3n) is 2.18. The van der Waals surface area contributed by atoms with Crippen molar-refractivity contribution < 1.29 is 27.5 Å². The number of nitrogens with zero attached hydrogens (tertiary/aromatic N) is 1. The molecule has 16 heavy (non-hydrogen) atoms. The van der Waals surface area contributed by atoms with Crippen LogP contribution in [-0.2, 0) is 9.53 Å². The molecule has 5 nitrogen and oxygen atoms in total. The first-order valence-corrected chi connectivity index (χ1v) is 4.61. The molecule has 0 radical (unpaired) electrons. The maximum Gasteiger partial charge on any atom is 0.422 e. The van der Waals surface area contributed by atoms with Crippen molar-refractivity contribution in [3.8, 4) is 0 Å². The van der Waals surface area contributed by atoms with Gasteiger partial charge in [-0.2, -0.15) is 13.2 Å². The molecule has 0 spiro atoms. The van der Waals surface area contributed by atoms with E-state index in [2.05, 4.69) is 4.74 Å². The highest BCUT2D eigenvalue weighted by atomic mass is 19.4. The van der Waals surface area contributed by atoms with Crippen molar-refractivity contribution in [3.63, 3.8) is 0 Å². The molecule has 2 N–H and O–H groups in total. The first kappa shape index (κ1) is 12.6. The number of amides is 2. The zero-order valence-electron chi connectivity index (χ0n) is 8.29. The van der Waals surface area contributed by atoms with Gasteiger partial charge in [-0.25, -0.2) is 4.79 Å². The van der Waals surface area contributed by atoms with Crippen molar-refractivity contribution in [1.29, 1.82) is 0 Å². The molecule has 0 aromatic rings. The van der Waals surface area contributed by atoms with Gasteiger partial charge in [0.15, 0.2) is 6.61 Å². The minimum absolute atomic E-state index is 0.185. The normalized spacial score (nSPS) is 20.9. The number of primary amides is 1. The number of nitrogens with two attached hydrogens (primary N) is 1. The second-order valence-corrected chi connectivity index (χ2v) is 3.42. The zero-order chi connectivity index (χ0) is 12.3. The molecule has 1 aliphatic heterocycles. The van der Waals surface area contributed by atoms with Gasteiger partial charge in [-0.3, -0.25) is 9.69 Å². The molecule has 1 unspecified atom stereocenters. The monoisotopic (exact) mass is 240 g/mol. The molecule has 0 aromatic heterocycles. The van der Waals surface area contributed by atoms with Crippen molar-refractivity contribution in [1.82, 2.24) is 4.90 Å². The van der Waals surface area contributed by atoms with Gasteiger partial charge in [-0.1, -0.05) is 0 Å². The molecule has 1 saturated heterocycles. The van der Waals surface area contributed by atoms with Crippen molar-refractivity contribution in [2.75, 3.05) is 13.2 Å². The van der Waals surface area contributed by atoms with Crippen LogP contribution in [0.2, 0.25) is 0 Å². The Morgan fingerprint density at radius 1 is 1.44 bits per heavy atom. The highest BCUT2D eigenvalue weighted by molar-refractivity contribution is 5.84. The summed E-state index contributed by atoms with van der Waals surface area (Å²) in [4.78, 5) is 23.0. The number of rotatable bonds is 2. The number of halogens is 3. The molecule has 0 saturated carbocycles. The van der Waals surface area contributed by atoms with Crippen LogP contribution in [0.15, 0.2) is 0 Å². The van der Waals surface area contributed by atoms with Gasteiger partial charge < -0.3 is 10.5 Å². The second kappa shape index (κ2) is 4.58. The van der Waals surface area contributed by atoms with Crippen LogP contribution in [0.25, 0.3) is 0 Å². The molecule has 0 bridgehead atoms. The highest BCUT2D eigenvalue weighted by Gasteiger charge is 2.36. The summed E-state index contributed by atoms with van der Waals surface area (Å²) in [7, 11) is 0. The van der Waals surface area contributed by atoms with Crippen molar-refractivity contribution in [2.45, 2.75) is 25.1 Å². The molecule has 1 aliphatic rings. The van der Waals surface area contributed by atoms with Crippen LogP contribution in [0.5, 0.6) is 0 Å². The van der Waals surface area contributed by atoms with Gasteiger partial charge in [-0.15, -0.1) is 0 Å². The number of likely N-dealkylation sites (tertiary alicyclic amines) is 1. The quantitative estimate of drug-likeness (QED) is 0.769. The number of carbonyl (C=O) groups excluding carboxylic acids is 2. The van der Waals surface area contributed by atoms with Crippen LogP contribution in [0.3, 0.4) is 0 Å². The lowest BCUT2D eigenvalue weighted by molar-refractivity contribution is -0.162. The predicted molar refractivity (Wildman–Crippen MR) is 46.3 cm³/mol. The molecular weight excluding hydrogens is 229 g/mol. The third kappa shape index (κ3) is 3.28. The predicted octanol–water partition coefficient (Wildman–Crippen LogP) is 0.635. The number of ether oxygens (including phenoxy) is 1. The maximum atomic E-state index is 11.8. The number of hydrogen-bond acceptors (Lipinski definition) is 3. The van der Waals surface area contributed by atoms with E-state index in [4.69, 9.17) is 5.73 Å². The number of carbonyl (C=O) groups is 2. The maximum absolute atomic E-state index is 11.8. The molecule has 92 valence electrons. The third-order valence-corrected chi connectivity index (χ3v) is 2.18. The largest absolute Gasteiger partial charge is 0.440 e. The summed E-state index contributed by atoms with van der Waals surface area (Å²) in [5, 5.41) is 0. The average molecular weight is 240 g/mol. The summed E-state index contributed by atoms with van der Waals surface area (Å²) < 4.78 is 39.3. The van der Waals surface area contributed by atoms with Gasteiger partial charge in [0.05, 0.1) is 0 Å². The Balaban J connectivity index is 2.50. The van der Waals surface area contributed by atoms with E-state index in [0.29, 0.717) is 12.8 Å². The van der Waals surface area contributed by atoms with E-state index in [0.717, 1.165) is 4.90 Å². The smallest absolute Gasteiger partial charge is 0.422 e. The zero-order valence-corrected chi connectivity index (χ0v) is 8.29. The standard InChI is InChI=1S/C8H11F3N2O3/c9-8(10,11)4-16-7(15)13-3-1-2-5(13)6(12)14/h5H,1-4H2,(H2,12,14). The minimum atomic E-state index is -4.57. The fraction of sp³-hybridized carbons (Fsp3) is 0.750. The molecule has 1 atom stereocenters. The molecule has 1 heterocycles. The highest BCUT2D eigenvalue weighted by Crippen LogP contribution is 2.20. The molecule has 1 fully saturated rings. The summed E-state index contributed by atoms with van der Waals surface area (Å²) in [5.41, 5.74) is 5.00. The molecule has 2 amide bonds. The Morgan fingerprint density at radius 3 is 2.56 bits per heavy atom. The first-order chi connectivity index (χ1) is 7.31. The molecule has 1 rings (SSSR count). The fourth-order valence-corrected chi connectivity index (χ4v) is 1.51. The average Bonchev–Trinajstić information content (AvgIpc) is 2.61. The lowest BCUT2D eigenvalue weighted by Gasteiger charge is -2.21. The second-order valence-electron chi connectivity index (χ2n) is 3.42. The Kier molecular flexibility index (Phi) is 3.61. The Bertz CT molecular complexity index is 293. The van der Waals surface area contributed by atoms with E-state index in [1.54, 1.807) is 0 Å². The van der Waals surface area contributed by atoms with Gasteiger partial charge in [-0.05, 0) is 12.8 Å². The lowest BCUT2D eigenvalue weighted by atomic mass is 10.2. The van der Waals surface area contributed by atoms with Gasteiger partial charge in [0.25, 0.3) is 0 Å². The van der Waals surface area contributed by atoms with Crippen LogP contribution >= 0.6 is 0 Å². The first-order valence-electron chi connectivity index (χ1n) is 4.61. The van der Waals surface area contributed by atoms with Gasteiger partial charge in [0, 0.05) is 6.54 Å². The van der Waals surface area contributed by atoms with Gasteiger partial charge >= 0.3 is 12.3 Å². The summed E-state index contributed by atoms with van der Waals surface area (Å²) in [5.74, 6) is -0.735. The Morgan fingerprint density at radius 2 is 2.06 bits per heavy atom. The number of hydrogen-bond donors (Lipinski definition) is 1. The Labute approximate surface area is 89.3 Å². The summed E-state index contributed by atoms with van der Waals surface area (Å²) in [6.45, 7) is -1.47. The van der Waals surface area contributed by atoms with Crippen LogP contribution in [0, 0.1) is 0 Å². The summed E-state index contributed by atoms with van der Waals surface area (Å²) in [6, 6.07) is -0.860. The van der Waals surface area contributed by atoms with Crippen molar-refractivity contribution >= 4 is 12.0 Å². The van der Waals surface area contributed by atoms with Gasteiger partial charge in [0.1, 0.15) is 6.04 Å². The van der Waals surface area contributed by atoms with Crippen LogP contribution in [-0.4, -0.2) is 42.3 Å². The van der Waals surface area contributed by atoms with Crippen LogP contribution in [0.1, 0.15) is 12.8 Å². The SMILES string of the molecule is NC(=O)C1CCCN1C(=O)OCC(F)(F)F. The Hall–Kier alpha value is -1.47. The summed E-state index contributed by atoms with van der Waals surface area (Å²) >= 11 is 0. The van der Waals surface area contributed by atoms with Crippen molar-refractivity contribution in [2.24, 2.45) is 5.73 Å². The molecule has 0 aromatic carbocycles. The van der Waals surface area contributed by atoms with E-state index >= 15 is 0 Å². The minimum Gasteiger partial charge on any atom is -0.440 e. The fourth-order valence-electron chi connectivity index (χ4n) is 1.51. The van der Waals surface area contributed by atoms with E-state index in [-0.39, 0.29) is 6.54 Å². The van der Waals surface area contributed by atoms with E-state index < -0.39 is 30.8 Å². The van der Waals surface area contributed by atoms with Crippen molar-refractivity contribution in [3.05, 3.63) is 0 Å². The molecule has 8 heteroatoms. The van der Waals surface area contributed by atoms with E-state index in [1.165, 1.54) is 0 Å². The van der Waals surface area contributed by atoms with E-state index in [1.807, 2.05) is 0 Å².